The van der Waals surface area contributed by atoms with Crippen LogP contribution in [-0.2, 0) is 6.18 Å². The quantitative estimate of drug-likeness (QED) is 0.838. The van der Waals surface area contributed by atoms with Crippen LogP contribution in [0.4, 0.5) is 13.2 Å². The van der Waals surface area contributed by atoms with Gasteiger partial charge in [-0.2, -0.15) is 13.2 Å². The number of hydrogen-bond donors (Lipinski definition) is 2. The van der Waals surface area contributed by atoms with Crippen LogP contribution in [0.3, 0.4) is 0 Å². The lowest BCUT2D eigenvalue weighted by molar-refractivity contribution is -0.137. The van der Waals surface area contributed by atoms with Crippen molar-refractivity contribution in [3.8, 4) is 0 Å². The fraction of sp³-hybridized carbons (Fsp3) is 0.625. The molecule has 2 rings (SSSR count). The maximum atomic E-state index is 12.6. The van der Waals surface area contributed by atoms with Crippen LogP contribution in [0.2, 0.25) is 0 Å². The van der Waals surface area contributed by atoms with Crippen molar-refractivity contribution in [3.05, 3.63) is 35.4 Å². The lowest BCUT2D eigenvalue weighted by atomic mass is 9.92. The molecule has 2 N–H and O–H groups in total. The molecule has 1 aromatic carbocycles. The molecule has 0 bridgehead atoms. The molecule has 1 aliphatic carbocycles. The molecule has 1 fully saturated rings. The molecule has 21 heavy (non-hydrogen) atoms. The van der Waals surface area contributed by atoms with E-state index in [4.69, 9.17) is 0 Å². The Bertz CT molecular complexity index is 481. The topological polar surface area (TPSA) is 32.3 Å². The van der Waals surface area contributed by atoms with Gasteiger partial charge in [0.1, 0.15) is 0 Å². The molecule has 5 heteroatoms. The van der Waals surface area contributed by atoms with Crippen LogP contribution in [0.5, 0.6) is 0 Å². The zero-order valence-corrected chi connectivity index (χ0v) is 12.4. The van der Waals surface area contributed by atoms with E-state index in [0.29, 0.717) is 16.9 Å². The zero-order chi connectivity index (χ0) is 15.7. The van der Waals surface area contributed by atoms with E-state index in [0.717, 1.165) is 18.7 Å². The molecular weight excluding hydrogens is 279 g/mol. The van der Waals surface area contributed by atoms with E-state index in [2.05, 4.69) is 19.2 Å². The van der Waals surface area contributed by atoms with Crippen LogP contribution in [0.25, 0.3) is 0 Å². The highest BCUT2D eigenvalue weighted by molar-refractivity contribution is 5.27. The largest absolute Gasteiger partial charge is 0.416 e. The summed E-state index contributed by atoms with van der Waals surface area (Å²) in [6.07, 6.45) is -2.94. The highest BCUT2D eigenvalue weighted by Crippen LogP contribution is 2.51. The summed E-state index contributed by atoms with van der Waals surface area (Å²) in [5.74, 6) is 0.579. The molecule has 0 saturated heterocycles. The molecule has 2 nitrogen and oxygen atoms in total. The summed E-state index contributed by atoms with van der Waals surface area (Å²) in [6, 6.07) is 4.89. The van der Waals surface area contributed by atoms with E-state index in [1.54, 1.807) is 0 Å². The van der Waals surface area contributed by atoms with Crippen molar-refractivity contribution in [2.75, 3.05) is 13.1 Å². The maximum Gasteiger partial charge on any atom is 0.416 e. The molecule has 0 radical (unpaired) electrons. The van der Waals surface area contributed by atoms with Crippen LogP contribution in [0.1, 0.15) is 43.9 Å². The second kappa shape index (κ2) is 5.97. The number of aliphatic hydroxyl groups is 1. The Morgan fingerprint density at radius 1 is 1.29 bits per heavy atom. The van der Waals surface area contributed by atoms with Crippen molar-refractivity contribution in [2.24, 2.45) is 11.3 Å². The molecule has 0 aliphatic heterocycles. The molecular formula is C16H22F3NO. The van der Waals surface area contributed by atoms with Crippen molar-refractivity contribution in [2.45, 2.75) is 39.0 Å². The van der Waals surface area contributed by atoms with Gasteiger partial charge in [-0.15, -0.1) is 0 Å². The van der Waals surface area contributed by atoms with Crippen molar-refractivity contribution in [1.29, 1.82) is 0 Å². The lowest BCUT2D eigenvalue weighted by Gasteiger charge is -2.21. The molecule has 1 unspecified atom stereocenters. The number of benzene rings is 1. The minimum atomic E-state index is -4.38. The van der Waals surface area contributed by atoms with Crippen molar-refractivity contribution < 1.29 is 18.3 Å². The molecule has 1 aromatic rings. The Balaban J connectivity index is 1.90. The predicted molar refractivity (Wildman–Crippen MR) is 75.8 cm³/mol. The minimum Gasteiger partial charge on any atom is -0.387 e. The van der Waals surface area contributed by atoms with Gasteiger partial charge in [-0.05, 0) is 41.9 Å². The van der Waals surface area contributed by atoms with Gasteiger partial charge in [-0.25, -0.2) is 0 Å². The maximum absolute atomic E-state index is 12.6. The Hall–Kier alpha value is -1.07. The second-order valence-corrected chi connectivity index (χ2v) is 6.29. The van der Waals surface area contributed by atoms with Gasteiger partial charge in [0.05, 0.1) is 11.7 Å². The second-order valence-electron chi connectivity index (χ2n) is 6.29. The first-order valence-corrected chi connectivity index (χ1v) is 7.30. The molecule has 0 heterocycles. The van der Waals surface area contributed by atoms with Crippen molar-refractivity contribution in [3.63, 3.8) is 0 Å². The highest BCUT2D eigenvalue weighted by Gasteiger charge is 2.44. The van der Waals surface area contributed by atoms with Gasteiger partial charge in [0.2, 0.25) is 0 Å². The summed E-state index contributed by atoms with van der Waals surface area (Å²) in [4.78, 5) is 0. The number of alkyl halides is 3. The number of nitrogens with one attached hydrogen (secondary N) is 1. The van der Waals surface area contributed by atoms with E-state index in [1.807, 2.05) is 0 Å². The molecule has 0 aromatic heterocycles. The number of hydrogen-bond acceptors (Lipinski definition) is 2. The smallest absolute Gasteiger partial charge is 0.387 e. The minimum absolute atomic E-state index is 0.274. The average Bonchev–Trinajstić information content (AvgIpc) is 3.19. The first-order valence-electron chi connectivity index (χ1n) is 7.30. The number of halogens is 3. The van der Waals surface area contributed by atoms with Gasteiger partial charge in [0, 0.05) is 13.1 Å². The summed E-state index contributed by atoms with van der Waals surface area (Å²) >= 11 is 0. The summed E-state index contributed by atoms with van der Waals surface area (Å²) in [6.45, 7) is 5.44. The number of rotatable bonds is 6. The first kappa shape index (κ1) is 16.3. The van der Waals surface area contributed by atoms with E-state index < -0.39 is 17.8 Å². The van der Waals surface area contributed by atoms with Gasteiger partial charge in [0.15, 0.2) is 0 Å². The van der Waals surface area contributed by atoms with Gasteiger partial charge >= 0.3 is 6.18 Å². The Morgan fingerprint density at radius 3 is 2.48 bits per heavy atom. The third-order valence-corrected chi connectivity index (χ3v) is 4.53. The summed E-state index contributed by atoms with van der Waals surface area (Å²) in [5, 5.41) is 13.2. The van der Waals surface area contributed by atoms with E-state index in [9.17, 15) is 18.3 Å². The average molecular weight is 301 g/mol. The van der Waals surface area contributed by atoms with Crippen LogP contribution in [0.15, 0.2) is 24.3 Å². The Kier molecular flexibility index (Phi) is 4.63. The van der Waals surface area contributed by atoms with E-state index in [1.165, 1.54) is 25.0 Å². The Morgan fingerprint density at radius 2 is 1.95 bits per heavy atom. The van der Waals surface area contributed by atoms with Crippen molar-refractivity contribution >= 4 is 0 Å². The van der Waals surface area contributed by atoms with Crippen LogP contribution in [-0.4, -0.2) is 18.2 Å². The molecule has 0 amide bonds. The standard InChI is InChI=1S/C16H22F3NO/c1-11(2)15(6-7-15)10-20-9-14(21)12-4-3-5-13(8-12)16(17,18)19/h3-5,8,11,14,20-21H,6-7,9-10H2,1-2H3. The fourth-order valence-corrected chi connectivity index (χ4v) is 2.62. The third-order valence-electron chi connectivity index (χ3n) is 4.53. The summed E-state index contributed by atoms with van der Waals surface area (Å²) < 4.78 is 37.9. The third kappa shape index (κ3) is 3.98. The molecule has 1 atom stereocenters. The monoisotopic (exact) mass is 301 g/mol. The van der Waals surface area contributed by atoms with Gasteiger partial charge in [-0.3, -0.25) is 0 Å². The lowest BCUT2D eigenvalue weighted by Crippen LogP contribution is -2.30. The van der Waals surface area contributed by atoms with Gasteiger partial charge in [-0.1, -0.05) is 26.0 Å². The normalized spacial score (nSPS) is 18.8. The van der Waals surface area contributed by atoms with Crippen LogP contribution < -0.4 is 5.32 Å². The molecule has 0 spiro atoms. The molecule has 1 saturated carbocycles. The fourth-order valence-electron chi connectivity index (χ4n) is 2.62. The predicted octanol–water partition coefficient (Wildman–Crippen LogP) is 3.76. The van der Waals surface area contributed by atoms with Crippen LogP contribution >= 0.6 is 0 Å². The first-order chi connectivity index (χ1) is 9.74. The van der Waals surface area contributed by atoms with Gasteiger partial charge in [0.25, 0.3) is 0 Å². The molecule has 1 aliphatic rings. The molecule has 118 valence electrons. The van der Waals surface area contributed by atoms with Gasteiger partial charge < -0.3 is 10.4 Å². The number of aliphatic hydroxyl groups excluding tert-OH is 1. The summed E-state index contributed by atoms with van der Waals surface area (Å²) in [7, 11) is 0. The van der Waals surface area contributed by atoms with Crippen molar-refractivity contribution in [1.82, 2.24) is 5.32 Å². The zero-order valence-electron chi connectivity index (χ0n) is 12.4. The Labute approximate surface area is 123 Å². The van der Waals surface area contributed by atoms with E-state index >= 15 is 0 Å². The van der Waals surface area contributed by atoms with E-state index in [-0.39, 0.29) is 6.54 Å². The van der Waals surface area contributed by atoms with Crippen LogP contribution in [0, 0.1) is 11.3 Å². The highest BCUT2D eigenvalue weighted by atomic mass is 19.4. The SMILES string of the molecule is CC(C)C1(CNCC(O)c2cccc(C(F)(F)F)c2)CC1. The summed E-state index contributed by atoms with van der Waals surface area (Å²) in [5.41, 5.74) is -0.111.